The molecule has 5 heteroatoms. The number of fused-ring (bicyclic) bond motifs is 1. The van der Waals surface area contributed by atoms with E-state index in [2.05, 4.69) is 15.4 Å². The van der Waals surface area contributed by atoms with Crippen LogP contribution in [0.3, 0.4) is 0 Å². The predicted octanol–water partition coefficient (Wildman–Crippen LogP) is 6.03. The summed E-state index contributed by atoms with van der Waals surface area (Å²) in [5.74, 6) is -0.0370. The summed E-state index contributed by atoms with van der Waals surface area (Å²) in [6, 6.07) is 28.8. The first kappa shape index (κ1) is 19.5. The van der Waals surface area contributed by atoms with Crippen molar-refractivity contribution in [2.24, 2.45) is 0 Å². The molecule has 5 rings (SSSR count). The van der Waals surface area contributed by atoms with Gasteiger partial charge in [-0.1, -0.05) is 48.5 Å². The number of carbonyl (C=O) groups is 1. The summed E-state index contributed by atoms with van der Waals surface area (Å²) in [6.07, 6.45) is 7.28. The summed E-state index contributed by atoms with van der Waals surface area (Å²) >= 11 is 0. The van der Waals surface area contributed by atoms with Gasteiger partial charge in [-0.05, 0) is 48.5 Å². The molecule has 2 heterocycles. The summed E-state index contributed by atoms with van der Waals surface area (Å²) in [6.45, 7) is 0. The lowest BCUT2D eigenvalue weighted by Crippen LogP contribution is -2.02. The highest BCUT2D eigenvalue weighted by Gasteiger charge is 2.12. The van der Waals surface area contributed by atoms with Crippen molar-refractivity contribution in [3.8, 4) is 0 Å². The second kappa shape index (κ2) is 8.70. The van der Waals surface area contributed by atoms with Crippen LogP contribution in [0.1, 0.15) is 21.6 Å². The largest absolute Gasteiger partial charge is 0.356 e. The van der Waals surface area contributed by atoms with E-state index in [9.17, 15) is 4.79 Å². The Morgan fingerprint density at radius 2 is 1.62 bits per heavy atom. The molecule has 0 aliphatic rings. The SMILES string of the molecule is O=C(c1cccc(Nc2ccccc2)c1)c1ccc2cnn(C=Cc3ccccn3)c2c1. The zero-order valence-corrected chi connectivity index (χ0v) is 17.2. The average Bonchev–Trinajstić information content (AvgIpc) is 3.26. The lowest BCUT2D eigenvalue weighted by atomic mass is 10.0. The maximum absolute atomic E-state index is 13.2. The molecule has 5 aromatic rings. The van der Waals surface area contributed by atoms with E-state index >= 15 is 0 Å². The number of aromatic nitrogens is 3. The molecular weight excluding hydrogens is 396 g/mol. The lowest BCUT2D eigenvalue weighted by molar-refractivity contribution is 0.103. The molecule has 0 saturated heterocycles. The Morgan fingerprint density at radius 3 is 2.47 bits per heavy atom. The summed E-state index contributed by atoms with van der Waals surface area (Å²) in [7, 11) is 0. The summed E-state index contributed by atoms with van der Waals surface area (Å²) < 4.78 is 1.76. The minimum absolute atomic E-state index is 0.0370. The van der Waals surface area contributed by atoms with Crippen LogP contribution in [0.25, 0.3) is 23.2 Å². The van der Waals surface area contributed by atoms with E-state index in [1.807, 2.05) is 103 Å². The van der Waals surface area contributed by atoms with Gasteiger partial charge < -0.3 is 5.32 Å². The van der Waals surface area contributed by atoms with Gasteiger partial charge in [0.2, 0.25) is 0 Å². The maximum atomic E-state index is 13.2. The van der Waals surface area contributed by atoms with E-state index in [1.165, 1.54) is 0 Å². The van der Waals surface area contributed by atoms with E-state index < -0.39 is 0 Å². The van der Waals surface area contributed by atoms with Gasteiger partial charge in [0, 0.05) is 40.3 Å². The highest BCUT2D eigenvalue weighted by Crippen LogP contribution is 2.22. The van der Waals surface area contributed by atoms with Crippen LogP contribution in [-0.4, -0.2) is 20.5 Å². The van der Waals surface area contributed by atoms with Crippen LogP contribution < -0.4 is 5.32 Å². The summed E-state index contributed by atoms with van der Waals surface area (Å²) in [5.41, 5.74) is 4.78. The first-order valence-corrected chi connectivity index (χ1v) is 10.3. The third-order valence-electron chi connectivity index (χ3n) is 5.12. The molecule has 0 bridgehead atoms. The van der Waals surface area contributed by atoms with Gasteiger partial charge in [0.15, 0.2) is 5.78 Å². The van der Waals surface area contributed by atoms with Crippen LogP contribution in [0.15, 0.2) is 103 Å². The van der Waals surface area contributed by atoms with Crippen LogP contribution in [-0.2, 0) is 0 Å². The van der Waals surface area contributed by atoms with Crippen LogP contribution in [0.4, 0.5) is 11.4 Å². The lowest BCUT2D eigenvalue weighted by Gasteiger charge is -2.08. The number of nitrogens with one attached hydrogen (secondary N) is 1. The number of para-hydroxylation sites is 1. The Labute approximate surface area is 185 Å². The molecule has 0 saturated carbocycles. The van der Waals surface area contributed by atoms with Crippen molar-refractivity contribution < 1.29 is 4.79 Å². The van der Waals surface area contributed by atoms with Crippen molar-refractivity contribution in [2.45, 2.75) is 0 Å². The topological polar surface area (TPSA) is 59.8 Å². The molecular formula is C27H20N4O. The van der Waals surface area contributed by atoms with Gasteiger partial charge in [-0.25, -0.2) is 4.68 Å². The molecule has 154 valence electrons. The van der Waals surface area contributed by atoms with Crippen molar-refractivity contribution in [3.63, 3.8) is 0 Å². The molecule has 0 spiro atoms. The molecule has 2 aromatic heterocycles. The number of pyridine rings is 1. The number of benzene rings is 3. The fourth-order valence-corrected chi connectivity index (χ4v) is 3.51. The van der Waals surface area contributed by atoms with Crippen LogP contribution in [0, 0.1) is 0 Å². The molecule has 0 unspecified atom stereocenters. The highest BCUT2D eigenvalue weighted by molar-refractivity contribution is 6.11. The molecule has 1 N–H and O–H groups in total. The van der Waals surface area contributed by atoms with Gasteiger partial charge in [0.25, 0.3) is 0 Å². The van der Waals surface area contributed by atoms with E-state index in [-0.39, 0.29) is 5.78 Å². The fraction of sp³-hybridized carbons (Fsp3) is 0. The van der Waals surface area contributed by atoms with E-state index in [4.69, 9.17) is 0 Å². The number of carbonyl (C=O) groups excluding carboxylic acids is 1. The third-order valence-corrected chi connectivity index (χ3v) is 5.12. The van der Waals surface area contributed by atoms with Gasteiger partial charge in [0.05, 0.1) is 17.4 Å². The van der Waals surface area contributed by atoms with Crippen molar-refractivity contribution >= 4 is 40.3 Å². The molecule has 0 amide bonds. The zero-order valence-electron chi connectivity index (χ0n) is 17.2. The molecule has 0 radical (unpaired) electrons. The molecule has 0 aliphatic heterocycles. The van der Waals surface area contributed by atoms with Crippen molar-refractivity contribution in [1.29, 1.82) is 0 Å². The number of rotatable bonds is 6. The van der Waals surface area contributed by atoms with E-state index in [1.54, 1.807) is 17.1 Å². The van der Waals surface area contributed by atoms with Gasteiger partial charge in [0.1, 0.15) is 0 Å². The summed E-state index contributed by atoms with van der Waals surface area (Å²) in [5, 5.41) is 8.73. The monoisotopic (exact) mass is 416 g/mol. The quantitative estimate of drug-likeness (QED) is 0.343. The molecule has 32 heavy (non-hydrogen) atoms. The molecule has 5 nitrogen and oxygen atoms in total. The first-order chi connectivity index (χ1) is 15.8. The standard InChI is InChI=1S/C27H20N4O/c32-27(20-7-6-11-25(17-20)30-24-9-2-1-3-10-24)21-12-13-22-19-29-31(26(22)18-21)16-14-23-8-4-5-15-28-23/h1-19,30H. The Kier molecular flexibility index (Phi) is 5.29. The molecule has 3 aromatic carbocycles. The second-order valence-corrected chi connectivity index (χ2v) is 7.33. The van der Waals surface area contributed by atoms with Crippen molar-refractivity contribution in [2.75, 3.05) is 5.32 Å². The Bertz CT molecular complexity index is 1410. The predicted molar refractivity (Wildman–Crippen MR) is 129 cm³/mol. The number of hydrogen-bond acceptors (Lipinski definition) is 4. The molecule has 0 atom stereocenters. The van der Waals surface area contributed by atoms with Crippen LogP contribution in [0.5, 0.6) is 0 Å². The normalized spacial score (nSPS) is 11.1. The zero-order chi connectivity index (χ0) is 21.8. The highest BCUT2D eigenvalue weighted by atomic mass is 16.1. The summed E-state index contributed by atoms with van der Waals surface area (Å²) in [4.78, 5) is 17.5. The number of hydrogen-bond donors (Lipinski definition) is 1. The van der Waals surface area contributed by atoms with Crippen molar-refractivity contribution in [1.82, 2.24) is 14.8 Å². The molecule has 0 aliphatic carbocycles. The minimum atomic E-state index is -0.0370. The fourth-order valence-electron chi connectivity index (χ4n) is 3.51. The Balaban J connectivity index is 1.43. The third kappa shape index (κ3) is 4.18. The van der Waals surface area contributed by atoms with Gasteiger partial charge in [-0.2, -0.15) is 5.10 Å². The minimum Gasteiger partial charge on any atom is -0.356 e. The van der Waals surface area contributed by atoms with Gasteiger partial charge in [-0.15, -0.1) is 0 Å². The molecule has 0 fully saturated rings. The smallest absolute Gasteiger partial charge is 0.193 e. The second-order valence-electron chi connectivity index (χ2n) is 7.33. The maximum Gasteiger partial charge on any atom is 0.193 e. The number of anilines is 2. The van der Waals surface area contributed by atoms with Gasteiger partial charge in [-0.3, -0.25) is 9.78 Å². The number of ketones is 1. The van der Waals surface area contributed by atoms with Crippen molar-refractivity contribution in [3.05, 3.63) is 120 Å². The average molecular weight is 416 g/mol. The first-order valence-electron chi connectivity index (χ1n) is 10.3. The Hall–Kier alpha value is -4.51. The van der Waals surface area contributed by atoms with Crippen LogP contribution >= 0.6 is 0 Å². The van der Waals surface area contributed by atoms with E-state index in [0.29, 0.717) is 11.1 Å². The Morgan fingerprint density at radius 1 is 0.812 bits per heavy atom. The van der Waals surface area contributed by atoms with E-state index in [0.717, 1.165) is 28.0 Å². The van der Waals surface area contributed by atoms with Crippen LogP contribution in [0.2, 0.25) is 0 Å². The number of nitrogens with zero attached hydrogens (tertiary/aromatic N) is 3. The van der Waals surface area contributed by atoms with Gasteiger partial charge >= 0.3 is 0 Å².